The van der Waals surface area contributed by atoms with E-state index in [-0.39, 0.29) is 17.7 Å². The van der Waals surface area contributed by atoms with E-state index in [9.17, 15) is 9.59 Å². The van der Waals surface area contributed by atoms with Crippen molar-refractivity contribution in [2.45, 2.75) is 24.9 Å². The summed E-state index contributed by atoms with van der Waals surface area (Å²) < 4.78 is 1.98. The second-order valence-electron chi connectivity index (χ2n) is 6.29. The van der Waals surface area contributed by atoms with Crippen molar-refractivity contribution >= 4 is 23.6 Å². The molecule has 1 aromatic carbocycles. The van der Waals surface area contributed by atoms with Gasteiger partial charge >= 0.3 is 0 Å². The highest BCUT2D eigenvalue weighted by molar-refractivity contribution is 7.99. The van der Waals surface area contributed by atoms with Crippen LogP contribution in [0.15, 0.2) is 41.8 Å². The summed E-state index contributed by atoms with van der Waals surface area (Å²) in [6.45, 7) is 3.17. The third-order valence-electron chi connectivity index (χ3n) is 4.39. The molecule has 0 spiro atoms. The number of amides is 2. The van der Waals surface area contributed by atoms with Crippen LogP contribution in [0.25, 0.3) is 5.69 Å². The fraction of sp³-hybridized carbons (Fsp3) is 0.389. The molecular formula is C18H22N4O2S. The lowest BCUT2D eigenvalue weighted by atomic mass is 9.97. The van der Waals surface area contributed by atoms with Crippen molar-refractivity contribution in [3.8, 4) is 5.69 Å². The summed E-state index contributed by atoms with van der Waals surface area (Å²) in [6.07, 6.45) is 5.22. The van der Waals surface area contributed by atoms with Crippen molar-refractivity contribution in [3.05, 3.63) is 42.2 Å². The number of nitrogens with zero attached hydrogens (tertiary/aromatic N) is 3. The molecule has 2 amide bonds. The van der Waals surface area contributed by atoms with Gasteiger partial charge in [0.25, 0.3) is 0 Å². The maximum Gasteiger partial charge on any atom is 0.233 e. The smallest absolute Gasteiger partial charge is 0.233 e. The Morgan fingerprint density at radius 1 is 1.40 bits per heavy atom. The van der Waals surface area contributed by atoms with E-state index in [0.717, 1.165) is 23.7 Å². The third-order valence-corrected chi connectivity index (χ3v) is 5.34. The molecule has 1 aliphatic rings. The summed E-state index contributed by atoms with van der Waals surface area (Å²) >= 11 is 1.41. The molecule has 3 rings (SSSR count). The van der Waals surface area contributed by atoms with Crippen LogP contribution in [0, 0.1) is 12.8 Å². The lowest BCUT2D eigenvalue weighted by molar-refractivity contribution is -0.132. The van der Waals surface area contributed by atoms with Crippen molar-refractivity contribution in [2.75, 3.05) is 18.8 Å². The number of carbonyl (C=O) groups excluding carboxylic acids is 2. The lowest BCUT2D eigenvalue weighted by Crippen LogP contribution is -2.44. The lowest BCUT2D eigenvalue weighted by Gasteiger charge is -2.31. The quantitative estimate of drug-likeness (QED) is 0.829. The highest BCUT2D eigenvalue weighted by atomic mass is 32.2. The predicted octanol–water partition coefficient (Wildman–Crippen LogP) is 2.00. The van der Waals surface area contributed by atoms with Crippen LogP contribution in [-0.2, 0) is 9.59 Å². The number of imidazole rings is 1. The van der Waals surface area contributed by atoms with E-state index >= 15 is 0 Å². The minimum absolute atomic E-state index is 0.0229. The van der Waals surface area contributed by atoms with Crippen LogP contribution in [0.2, 0.25) is 0 Å². The van der Waals surface area contributed by atoms with Gasteiger partial charge in [0.05, 0.1) is 11.7 Å². The van der Waals surface area contributed by atoms with Crippen molar-refractivity contribution in [1.29, 1.82) is 0 Å². The molecule has 1 aliphatic heterocycles. The van der Waals surface area contributed by atoms with E-state index in [1.54, 1.807) is 11.1 Å². The summed E-state index contributed by atoms with van der Waals surface area (Å²) in [7, 11) is 0. The van der Waals surface area contributed by atoms with Crippen LogP contribution in [0.5, 0.6) is 0 Å². The average molecular weight is 358 g/mol. The Balaban J connectivity index is 1.63. The second kappa shape index (κ2) is 7.74. The molecule has 0 aliphatic carbocycles. The Bertz CT molecular complexity index is 774. The molecule has 0 radical (unpaired) electrons. The number of hydrogen-bond donors (Lipinski definition) is 1. The van der Waals surface area contributed by atoms with Crippen molar-refractivity contribution in [1.82, 2.24) is 14.5 Å². The molecular weight excluding hydrogens is 336 g/mol. The molecule has 7 heteroatoms. The van der Waals surface area contributed by atoms with Gasteiger partial charge < -0.3 is 10.6 Å². The molecule has 2 heterocycles. The number of likely N-dealkylation sites (tertiary alicyclic amines) is 1. The van der Waals surface area contributed by atoms with Crippen molar-refractivity contribution < 1.29 is 9.59 Å². The van der Waals surface area contributed by atoms with Crippen LogP contribution >= 0.6 is 11.8 Å². The number of hydrogen-bond acceptors (Lipinski definition) is 4. The van der Waals surface area contributed by atoms with Gasteiger partial charge in [-0.2, -0.15) is 0 Å². The summed E-state index contributed by atoms with van der Waals surface area (Å²) in [5, 5.41) is 0.780. The first-order valence-corrected chi connectivity index (χ1v) is 9.33. The Morgan fingerprint density at radius 3 is 3.00 bits per heavy atom. The summed E-state index contributed by atoms with van der Waals surface area (Å²) in [5.74, 6) is -0.222. The van der Waals surface area contributed by atoms with E-state index < -0.39 is 0 Å². The zero-order valence-corrected chi connectivity index (χ0v) is 15.0. The van der Waals surface area contributed by atoms with Crippen LogP contribution in [0.3, 0.4) is 0 Å². The fourth-order valence-corrected chi connectivity index (χ4v) is 3.90. The molecule has 0 bridgehead atoms. The van der Waals surface area contributed by atoms with Gasteiger partial charge in [-0.05, 0) is 37.5 Å². The highest BCUT2D eigenvalue weighted by Gasteiger charge is 2.27. The van der Waals surface area contributed by atoms with Gasteiger partial charge in [0, 0.05) is 31.2 Å². The minimum atomic E-state index is -0.319. The Labute approximate surface area is 151 Å². The Morgan fingerprint density at radius 2 is 2.24 bits per heavy atom. The van der Waals surface area contributed by atoms with Gasteiger partial charge in [-0.15, -0.1) is 0 Å². The molecule has 1 saturated heterocycles. The first kappa shape index (κ1) is 17.5. The average Bonchev–Trinajstić information content (AvgIpc) is 3.08. The van der Waals surface area contributed by atoms with Crippen molar-refractivity contribution in [2.24, 2.45) is 11.7 Å². The number of piperidine rings is 1. The number of carbonyl (C=O) groups is 2. The van der Waals surface area contributed by atoms with Crippen molar-refractivity contribution in [3.63, 3.8) is 0 Å². The first-order valence-electron chi connectivity index (χ1n) is 8.35. The molecule has 2 aromatic rings. The van der Waals surface area contributed by atoms with Gasteiger partial charge in [0.2, 0.25) is 11.8 Å². The van der Waals surface area contributed by atoms with E-state index in [0.29, 0.717) is 18.8 Å². The molecule has 6 nitrogen and oxygen atoms in total. The van der Waals surface area contributed by atoms with Gasteiger partial charge in [0.1, 0.15) is 0 Å². The van der Waals surface area contributed by atoms with Crippen LogP contribution < -0.4 is 5.73 Å². The van der Waals surface area contributed by atoms with Crippen LogP contribution in [0.4, 0.5) is 0 Å². The highest BCUT2D eigenvalue weighted by Crippen LogP contribution is 2.23. The maximum absolute atomic E-state index is 12.5. The normalized spacial score (nSPS) is 17.5. The molecule has 2 N–H and O–H groups in total. The summed E-state index contributed by atoms with van der Waals surface area (Å²) in [6, 6.07) is 8.14. The molecule has 1 aromatic heterocycles. The molecule has 25 heavy (non-hydrogen) atoms. The monoisotopic (exact) mass is 358 g/mol. The number of rotatable bonds is 5. The number of benzene rings is 1. The van der Waals surface area contributed by atoms with Gasteiger partial charge in [-0.3, -0.25) is 14.2 Å². The first-order chi connectivity index (χ1) is 12.0. The van der Waals surface area contributed by atoms with E-state index in [1.807, 2.05) is 35.9 Å². The largest absolute Gasteiger partial charge is 0.369 e. The Hall–Kier alpha value is -2.28. The van der Waals surface area contributed by atoms with E-state index in [4.69, 9.17) is 5.73 Å². The van der Waals surface area contributed by atoms with E-state index in [1.165, 1.54) is 17.3 Å². The minimum Gasteiger partial charge on any atom is -0.369 e. The number of aryl methyl sites for hydroxylation is 1. The predicted molar refractivity (Wildman–Crippen MR) is 97.5 cm³/mol. The third kappa shape index (κ3) is 4.22. The van der Waals surface area contributed by atoms with Gasteiger partial charge in [-0.25, -0.2) is 4.98 Å². The topological polar surface area (TPSA) is 81.2 Å². The molecule has 1 atom stereocenters. The van der Waals surface area contributed by atoms with Gasteiger partial charge in [-0.1, -0.05) is 23.9 Å². The number of primary amides is 1. The van der Waals surface area contributed by atoms with Crippen LogP contribution in [0.1, 0.15) is 18.4 Å². The number of aromatic nitrogens is 2. The standard InChI is InChI=1S/C18H22N4O2S/c1-13-4-2-6-15(10-13)22-9-7-20-18(22)25-12-16(23)21-8-3-5-14(11-21)17(19)24/h2,4,6-7,9-10,14H,3,5,8,11-12H2,1H3,(H2,19,24). The summed E-state index contributed by atoms with van der Waals surface area (Å²) in [4.78, 5) is 29.9. The molecule has 1 unspecified atom stereocenters. The summed E-state index contributed by atoms with van der Waals surface area (Å²) in [5.41, 5.74) is 7.58. The molecule has 1 fully saturated rings. The van der Waals surface area contributed by atoms with E-state index in [2.05, 4.69) is 11.1 Å². The Kier molecular flexibility index (Phi) is 5.43. The fourth-order valence-electron chi connectivity index (χ4n) is 3.02. The zero-order chi connectivity index (χ0) is 17.8. The number of nitrogens with two attached hydrogens (primary N) is 1. The van der Waals surface area contributed by atoms with Gasteiger partial charge in [0.15, 0.2) is 5.16 Å². The SMILES string of the molecule is Cc1cccc(-n2ccnc2SCC(=O)N2CCCC(C(N)=O)C2)c1. The number of thioether (sulfide) groups is 1. The molecule has 0 saturated carbocycles. The molecule has 132 valence electrons. The van der Waals surface area contributed by atoms with Crippen LogP contribution in [-0.4, -0.2) is 45.1 Å². The second-order valence-corrected chi connectivity index (χ2v) is 7.23. The zero-order valence-electron chi connectivity index (χ0n) is 14.2. The maximum atomic E-state index is 12.5.